The van der Waals surface area contributed by atoms with Crippen molar-refractivity contribution in [1.29, 1.82) is 0 Å². The van der Waals surface area contributed by atoms with Crippen molar-refractivity contribution in [2.45, 2.75) is 17.7 Å². The van der Waals surface area contributed by atoms with Crippen LogP contribution < -0.4 is 5.32 Å². The number of carbonyl (C=O) groups excluding carboxylic acids is 1. The first-order chi connectivity index (χ1) is 12.2. The molecule has 0 spiro atoms. The number of rotatable bonds is 7. The molecule has 0 fully saturated rings. The lowest BCUT2D eigenvalue weighted by atomic mass is 10.2. The molecule has 0 saturated carbocycles. The monoisotopic (exact) mass is 462 g/mol. The highest BCUT2D eigenvalue weighted by molar-refractivity contribution is 9.10. The minimum atomic E-state index is -3.72. The molecule has 0 aliphatic carbocycles. The van der Waals surface area contributed by atoms with E-state index in [9.17, 15) is 17.6 Å². The highest BCUT2D eigenvalue weighted by atomic mass is 79.9. The van der Waals surface area contributed by atoms with Gasteiger partial charge in [-0.25, -0.2) is 17.1 Å². The molecule has 1 amide bonds. The first kappa shape index (κ1) is 20.8. The van der Waals surface area contributed by atoms with Crippen LogP contribution in [-0.4, -0.2) is 32.2 Å². The summed E-state index contributed by atoms with van der Waals surface area (Å²) in [5.74, 6) is -0.767. The van der Waals surface area contributed by atoms with Crippen LogP contribution in [0.15, 0.2) is 51.8 Å². The summed E-state index contributed by atoms with van der Waals surface area (Å²) in [5.41, 5.74) is 0.493. The predicted molar refractivity (Wildman–Crippen MR) is 103 cm³/mol. The van der Waals surface area contributed by atoms with E-state index < -0.39 is 15.8 Å². The second kappa shape index (κ2) is 8.94. The molecule has 0 radical (unpaired) electrons. The van der Waals surface area contributed by atoms with Gasteiger partial charge in [-0.2, -0.15) is 0 Å². The molecule has 2 rings (SSSR count). The van der Waals surface area contributed by atoms with Crippen molar-refractivity contribution in [2.24, 2.45) is 0 Å². The third-order valence-corrected chi connectivity index (χ3v) is 6.28. The molecule has 26 heavy (non-hydrogen) atoms. The molecule has 0 unspecified atom stereocenters. The van der Waals surface area contributed by atoms with Crippen LogP contribution >= 0.6 is 27.5 Å². The van der Waals surface area contributed by atoms with E-state index in [1.54, 1.807) is 18.2 Å². The van der Waals surface area contributed by atoms with Gasteiger partial charge < -0.3 is 5.32 Å². The van der Waals surface area contributed by atoms with Gasteiger partial charge in [0.25, 0.3) is 0 Å². The summed E-state index contributed by atoms with van der Waals surface area (Å²) in [5, 5.41) is 3.09. The van der Waals surface area contributed by atoms with Crippen molar-refractivity contribution in [3.05, 3.63) is 57.8 Å². The van der Waals surface area contributed by atoms with E-state index in [1.165, 1.54) is 19.2 Å². The summed E-state index contributed by atoms with van der Waals surface area (Å²) < 4.78 is 39.6. The van der Waals surface area contributed by atoms with Crippen molar-refractivity contribution in [3.63, 3.8) is 0 Å². The largest absolute Gasteiger partial charge is 0.325 e. The van der Waals surface area contributed by atoms with Crippen LogP contribution in [0.25, 0.3) is 0 Å². The fraction of sp³-hybridized carbons (Fsp3) is 0.235. The highest BCUT2D eigenvalue weighted by Crippen LogP contribution is 2.25. The maximum Gasteiger partial charge on any atom is 0.242 e. The minimum absolute atomic E-state index is 0.00694. The summed E-state index contributed by atoms with van der Waals surface area (Å²) in [7, 11) is -2.30. The number of sulfonamides is 1. The highest BCUT2D eigenvalue weighted by Gasteiger charge is 2.20. The van der Waals surface area contributed by atoms with Crippen LogP contribution in [0.3, 0.4) is 0 Å². The average molecular weight is 464 g/mol. The van der Waals surface area contributed by atoms with Gasteiger partial charge in [0.05, 0.1) is 15.6 Å². The SMILES string of the molecule is CN(CCCC(=O)Nc1ccc(Br)cc1Cl)S(=O)(=O)c1ccc(F)cc1. The fourth-order valence-corrected chi connectivity index (χ4v) is 4.10. The zero-order chi connectivity index (χ0) is 19.3. The molecule has 0 bridgehead atoms. The van der Waals surface area contributed by atoms with E-state index in [2.05, 4.69) is 21.2 Å². The summed E-state index contributed by atoms with van der Waals surface area (Å²) in [6.45, 7) is 0.154. The third kappa shape index (κ3) is 5.51. The van der Waals surface area contributed by atoms with E-state index in [1.807, 2.05) is 0 Å². The van der Waals surface area contributed by atoms with Gasteiger partial charge in [0.15, 0.2) is 0 Å². The number of hydrogen-bond donors (Lipinski definition) is 1. The number of hydrogen-bond acceptors (Lipinski definition) is 3. The Balaban J connectivity index is 1.88. The quantitative estimate of drug-likeness (QED) is 0.666. The molecule has 2 aromatic carbocycles. The molecule has 0 heterocycles. The molecule has 0 aliphatic rings. The van der Waals surface area contributed by atoms with Crippen molar-refractivity contribution in [3.8, 4) is 0 Å². The first-order valence-corrected chi connectivity index (χ1v) is 10.3. The molecular weight excluding hydrogens is 447 g/mol. The van der Waals surface area contributed by atoms with E-state index in [0.29, 0.717) is 17.1 Å². The molecule has 0 saturated heterocycles. The van der Waals surface area contributed by atoms with Gasteiger partial charge in [-0.05, 0) is 48.9 Å². The Labute approximate surface area is 165 Å². The van der Waals surface area contributed by atoms with Crippen molar-refractivity contribution in [1.82, 2.24) is 4.31 Å². The predicted octanol–water partition coefficient (Wildman–Crippen LogP) is 4.28. The zero-order valence-corrected chi connectivity index (χ0v) is 17.0. The molecule has 140 valence electrons. The molecule has 5 nitrogen and oxygen atoms in total. The van der Waals surface area contributed by atoms with Crippen molar-refractivity contribution < 1.29 is 17.6 Å². The summed E-state index contributed by atoms with van der Waals surface area (Å²) in [4.78, 5) is 12.0. The first-order valence-electron chi connectivity index (χ1n) is 7.67. The van der Waals surface area contributed by atoms with Gasteiger partial charge >= 0.3 is 0 Å². The number of carbonyl (C=O) groups is 1. The number of benzene rings is 2. The van der Waals surface area contributed by atoms with Gasteiger partial charge in [0.2, 0.25) is 15.9 Å². The van der Waals surface area contributed by atoms with E-state index in [0.717, 1.165) is 20.9 Å². The minimum Gasteiger partial charge on any atom is -0.325 e. The smallest absolute Gasteiger partial charge is 0.242 e. The standard InChI is InChI=1S/C17H17BrClFN2O3S/c1-22(26(24,25)14-7-5-13(20)6-8-14)10-2-3-17(23)21-16-9-4-12(18)11-15(16)19/h4-9,11H,2-3,10H2,1H3,(H,21,23). The van der Waals surface area contributed by atoms with E-state index >= 15 is 0 Å². The number of anilines is 1. The van der Waals surface area contributed by atoms with E-state index in [4.69, 9.17) is 11.6 Å². The Morgan fingerprint density at radius 3 is 2.50 bits per heavy atom. The lowest BCUT2D eigenvalue weighted by molar-refractivity contribution is -0.116. The van der Waals surface area contributed by atoms with E-state index in [-0.39, 0.29) is 23.8 Å². The lowest BCUT2D eigenvalue weighted by Crippen LogP contribution is -2.28. The van der Waals surface area contributed by atoms with Crippen LogP contribution in [0.5, 0.6) is 0 Å². The summed E-state index contributed by atoms with van der Waals surface area (Å²) in [6.07, 6.45) is 0.465. The number of nitrogens with zero attached hydrogens (tertiary/aromatic N) is 1. The maximum absolute atomic E-state index is 12.9. The lowest BCUT2D eigenvalue weighted by Gasteiger charge is -2.17. The Hall–Kier alpha value is -1.48. The Kier molecular flexibility index (Phi) is 7.16. The van der Waals surface area contributed by atoms with Crippen LogP contribution in [0.2, 0.25) is 5.02 Å². The van der Waals surface area contributed by atoms with Crippen molar-refractivity contribution in [2.75, 3.05) is 18.9 Å². The molecule has 0 atom stereocenters. The summed E-state index contributed by atoms with van der Waals surface area (Å²) >= 11 is 9.32. The molecule has 9 heteroatoms. The number of amides is 1. The van der Waals surface area contributed by atoms with Gasteiger partial charge in [-0.15, -0.1) is 0 Å². The topological polar surface area (TPSA) is 66.5 Å². The third-order valence-electron chi connectivity index (χ3n) is 3.60. The van der Waals surface area contributed by atoms with Crippen LogP contribution in [0, 0.1) is 5.82 Å². The average Bonchev–Trinajstić information content (AvgIpc) is 2.57. The zero-order valence-electron chi connectivity index (χ0n) is 13.9. The van der Waals surface area contributed by atoms with Crippen LogP contribution in [-0.2, 0) is 14.8 Å². The second-order valence-corrected chi connectivity index (χ2v) is 8.92. The molecular formula is C17H17BrClFN2O3S. The number of nitrogens with one attached hydrogen (secondary N) is 1. The van der Waals surface area contributed by atoms with Crippen LogP contribution in [0.1, 0.15) is 12.8 Å². The van der Waals surface area contributed by atoms with Crippen molar-refractivity contribution >= 4 is 49.1 Å². The van der Waals surface area contributed by atoms with Gasteiger partial charge in [-0.3, -0.25) is 4.79 Å². The normalized spacial score (nSPS) is 11.6. The summed E-state index contributed by atoms with van der Waals surface area (Å²) in [6, 6.07) is 9.71. The molecule has 0 aromatic heterocycles. The molecule has 0 aliphatic heterocycles. The molecule has 2 aromatic rings. The Bertz CT molecular complexity index is 891. The Morgan fingerprint density at radius 1 is 1.23 bits per heavy atom. The van der Waals surface area contributed by atoms with Crippen LogP contribution in [0.4, 0.5) is 10.1 Å². The van der Waals surface area contributed by atoms with Gasteiger partial charge in [0.1, 0.15) is 5.82 Å². The van der Waals surface area contributed by atoms with Gasteiger partial charge in [0, 0.05) is 24.5 Å². The second-order valence-electron chi connectivity index (χ2n) is 5.56. The van der Waals surface area contributed by atoms with Gasteiger partial charge in [-0.1, -0.05) is 27.5 Å². The molecule has 1 N–H and O–H groups in total. The maximum atomic E-state index is 12.9. The number of halogens is 3. The Morgan fingerprint density at radius 2 is 1.88 bits per heavy atom. The fourth-order valence-electron chi connectivity index (χ4n) is 2.17.